The first-order chi connectivity index (χ1) is 13.1. The molecule has 2 aliphatic rings. The van der Waals surface area contributed by atoms with Crippen LogP contribution in [0.1, 0.15) is 28.9 Å². The molecule has 0 N–H and O–H groups in total. The highest BCUT2D eigenvalue weighted by molar-refractivity contribution is 6.08. The number of fused-ring (bicyclic) bond motifs is 3. The maximum absolute atomic E-state index is 13.3. The summed E-state index contributed by atoms with van der Waals surface area (Å²) in [6, 6.07) is 13.6. The number of benzene rings is 1. The van der Waals surface area contributed by atoms with Crippen molar-refractivity contribution in [2.45, 2.75) is 18.3 Å². The number of piperidine rings is 1. The second kappa shape index (κ2) is 5.67. The summed E-state index contributed by atoms with van der Waals surface area (Å²) < 4.78 is 1.81. The number of rotatable bonds is 1. The summed E-state index contributed by atoms with van der Waals surface area (Å²) in [5, 5.41) is 0. The molecule has 2 aliphatic heterocycles. The highest BCUT2D eigenvalue weighted by Gasteiger charge is 2.52. The van der Waals surface area contributed by atoms with Crippen molar-refractivity contribution >= 4 is 23.1 Å². The third-order valence-electron chi connectivity index (χ3n) is 5.91. The summed E-state index contributed by atoms with van der Waals surface area (Å²) >= 11 is 0. The first-order valence-corrected chi connectivity index (χ1v) is 9.21. The van der Waals surface area contributed by atoms with E-state index in [-0.39, 0.29) is 11.8 Å². The van der Waals surface area contributed by atoms with Crippen LogP contribution in [0.2, 0.25) is 0 Å². The molecule has 27 heavy (non-hydrogen) atoms. The van der Waals surface area contributed by atoms with Crippen LogP contribution in [0.3, 0.4) is 0 Å². The summed E-state index contributed by atoms with van der Waals surface area (Å²) in [5.41, 5.74) is 2.63. The van der Waals surface area contributed by atoms with Gasteiger partial charge in [-0.05, 0) is 36.6 Å². The van der Waals surface area contributed by atoms with Crippen molar-refractivity contribution in [2.75, 3.05) is 25.0 Å². The smallest absolute Gasteiger partial charge is 0.272 e. The van der Waals surface area contributed by atoms with E-state index in [4.69, 9.17) is 0 Å². The highest BCUT2D eigenvalue weighted by atomic mass is 16.2. The fraction of sp³-hybridized carbons (Fsp3) is 0.286. The number of para-hydroxylation sites is 1. The van der Waals surface area contributed by atoms with Crippen LogP contribution >= 0.6 is 0 Å². The molecule has 6 nitrogen and oxygen atoms in total. The zero-order valence-electron chi connectivity index (χ0n) is 15.1. The van der Waals surface area contributed by atoms with Crippen molar-refractivity contribution < 1.29 is 9.59 Å². The van der Waals surface area contributed by atoms with Crippen LogP contribution < -0.4 is 4.90 Å². The van der Waals surface area contributed by atoms with E-state index < -0.39 is 5.41 Å². The number of hydrogen-bond acceptors (Lipinski definition) is 3. The van der Waals surface area contributed by atoms with Crippen LogP contribution in [0, 0.1) is 0 Å². The molecular weight excluding hydrogens is 340 g/mol. The Morgan fingerprint density at radius 2 is 1.96 bits per heavy atom. The lowest BCUT2D eigenvalue weighted by Crippen LogP contribution is -2.53. The number of imidazole rings is 1. The number of anilines is 1. The van der Waals surface area contributed by atoms with Crippen molar-refractivity contribution in [1.82, 2.24) is 14.3 Å². The number of likely N-dealkylation sites (tertiary alicyclic amines) is 1. The number of amides is 2. The quantitative estimate of drug-likeness (QED) is 0.670. The fourth-order valence-corrected chi connectivity index (χ4v) is 4.59. The minimum absolute atomic E-state index is 0.0763. The maximum Gasteiger partial charge on any atom is 0.272 e. The van der Waals surface area contributed by atoms with Crippen LogP contribution in [0.15, 0.2) is 54.9 Å². The van der Waals surface area contributed by atoms with E-state index >= 15 is 0 Å². The lowest BCUT2D eigenvalue weighted by molar-refractivity contribution is -0.124. The van der Waals surface area contributed by atoms with E-state index in [0.717, 1.165) is 29.7 Å². The van der Waals surface area contributed by atoms with Gasteiger partial charge < -0.3 is 9.80 Å². The Kier molecular flexibility index (Phi) is 3.37. The molecule has 1 spiro atoms. The van der Waals surface area contributed by atoms with Gasteiger partial charge in [-0.25, -0.2) is 4.98 Å². The summed E-state index contributed by atoms with van der Waals surface area (Å²) in [5.74, 6) is 0.00644. The van der Waals surface area contributed by atoms with Crippen LogP contribution in [0.25, 0.3) is 5.65 Å². The van der Waals surface area contributed by atoms with Gasteiger partial charge in [-0.3, -0.25) is 14.0 Å². The van der Waals surface area contributed by atoms with E-state index in [2.05, 4.69) is 4.98 Å². The first kappa shape index (κ1) is 16.1. The number of carbonyl (C=O) groups excluding carboxylic acids is 2. The van der Waals surface area contributed by atoms with Gasteiger partial charge in [0.05, 0.1) is 11.6 Å². The SMILES string of the molecule is CN1C(=O)[C@]2(CCCN(C(=O)c3cnc4ccccn34)C2)c2ccccc21. The molecule has 3 aromatic rings. The molecule has 0 radical (unpaired) electrons. The van der Waals surface area contributed by atoms with Crippen LogP contribution in [0.4, 0.5) is 5.69 Å². The van der Waals surface area contributed by atoms with Gasteiger partial charge >= 0.3 is 0 Å². The standard InChI is InChI=1S/C21H20N4O2/c1-23-16-8-3-2-7-15(16)21(20(23)27)10-6-11-24(14-21)19(26)17-13-22-18-9-4-5-12-25(17)18/h2-5,7-9,12-13H,6,10-11,14H2,1H3/t21-/m0/s1. The molecule has 136 valence electrons. The largest absolute Gasteiger partial charge is 0.336 e. The molecule has 1 atom stereocenters. The average molecular weight is 360 g/mol. The number of aromatic nitrogens is 2. The number of pyridine rings is 1. The van der Waals surface area contributed by atoms with E-state index in [9.17, 15) is 9.59 Å². The van der Waals surface area contributed by atoms with Crippen molar-refractivity contribution in [3.8, 4) is 0 Å². The van der Waals surface area contributed by atoms with Gasteiger partial charge in [-0.2, -0.15) is 0 Å². The predicted molar refractivity (Wildman–Crippen MR) is 102 cm³/mol. The van der Waals surface area contributed by atoms with Crippen LogP contribution in [0.5, 0.6) is 0 Å². The van der Waals surface area contributed by atoms with E-state index in [1.165, 1.54) is 0 Å². The van der Waals surface area contributed by atoms with Gasteiger partial charge in [-0.1, -0.05) is 24.3 Å². The van der Waals surface area contributed by atoms with Gasteiger partial charge in [0.1, 0.15) is 11.3 Å². The monoisotopic (exact) mass is 360 g/mol. The molecule has 0 saturated carbocycles. The minimum atomic E-state index is -0.639. The molecule has 4 heterocycles. The Morgan fingerprint density at radius 3 is 2.85 bits per heavy atom. The summed E-state index contributed by atoms with van der Waals surface area (Å²) in [7, 11) is 1.82. The summed E-state index contributed by atoms with van der Waals surface area (Å²) in [6.07, 6.45) is 5.04. The van der Waals surface area contributed by atoms with Gasteiger partial charge in [-0.15, -0.1) is 0 Å². The molecule has 1 saturated heterocycles. The number of hydrogen-bond donors (Lipinski definition) is 0. The minimum Gasteiger partial charge on any atom is -0.336 e. The molecule has 0 bridgehead atoms. The van der Waals surface area contributed by atoms with Crippen molar-refractivity contribution in [2.24, 2.45) is 0 Å². The second-order valence-electron chi connectivity index (χ2n) is 7.37. The molecular formula is C21H20N4O2. The molecule has 0 aliphatic carbocycles. The summed E-state index contributed by atoms with van der Waals surface area (Å²) in [6.45, 7) is 1.06. The van der Waals surface area contributed by atoms with Gasteiger partial charge in [0, 0.05) is 32.0 Å². The molecule has 2 aromatic heterocycles. The van der Waals surface area contributed by atoms with E-state index in [1.54, 1.807) is 15.5 Å². The second-order valence-corrected chi connectivity index (χ2v) is 7.37. The molecule has 2 amide bonds. The first-order valence-electron chi connectivity index (χ1n) is 9.21. The topological polar surface area (TPSA) is 57.9 Å². The van der Waals surface area contributed by atoms with E-state index in [1.807, 2.05) is 60.6 Å². The van der Waals surface area contributed by atoms with Crippen molar-refractivity contribution in [3.63, 3.8) is 0 Å². The molecule has 5 rings (SSSR count). The number of likely N-dealkylation sites (N-methyl/N-ethyl adjacent to an activating group) is 1. The lowest BCUT2D eigenvalue weighted by Gasteiger charge is -2.39. The normalized spacial score (nSPS) is 21.9. The molecule has 0 unspecified atom stereocenters. The molecule has 1 aromatic carbocycles. The van der Waals surface area contributed by atoms with Crippen LogP contribution in [-0.2, 0) is 10.2 Å². The Hall–Kier alpha value is -3.15. The third kappa shape index (κ3) is 2.16. The van der Waals surface area contributed by atoms with Crippen LogP contribution in [-0.4, -0.2) is 46.2 Å². The zero-order valence-corrected chi connectivity index (χ0v) is 15.1. The van der Waals surface area contributed by atoms with Crippen molar-refractivity contribution in [1.29, 1.82) is 0 Å². The Balaban J connectivity index is 1.53. The molecule has 1 fully saturated rings. The number of carbonyl (C=O) groups is 2. The Bertz CT molecular complexity index is 1070. The van der Waals surface area contributed by atoms with Gasteiger partial charge in [0.25, 0.3) is 5.91 Å². The number of nitrogens with zero attached hydrogens (tertiary/aromatic N) is 4. The van der Waals surface area contributed by atoms with Gasteiger partial charge in [0.15, 0.2) is 0 Å². The van der Waals surface area contributed by atoms with Crippen molar-refractivity contribution in [3.05, 3.63) is 66.1 Å². The van der Waals surface area contributed by atoms with Gasteiger partial charge in [0.2, 0.25) is 5.91 Å². The summed E-state index contributed by atoms with van der Waals surface area (Å²) in [4.78, 5) is 34.3. The maximum atomic E-state index is 13.3. The highest BCUT2D eigenvalue weighted by Crippen LogP contribution is 2.46. The predicted octanol–water partition coefficient (Wildman–Crippen LogP) is 2.48. The Morgan fingerprint density at radius 1 is 1.15 bits per heavy atom. The zero-order chi connectivity index (χ0) is 18.6. The lowest BCUT2D eigenvalue weighted by atomic mass is 9.75. The third-order valence-corrected chi connectivity index (χ3v) is 5.91. The Labute approximate surface area is 157 Å². The molecule has 6 heteroatoms. The van der Waals surface area contributed by atoms with E-state index in [0.29, 0.717) is 18.8 Å². The fourth-order valence-electron chi connectivity index (χ4n) is 4.59. The average Bonchev–Trinajstić information content (AvgIpc) is 3.23.